The van der Waals surface area contributed by atoms with E-state index in [1.807, 2.05) is 6.92 Å². The summed E-state index contributed by atoms with van der Waals surface area (Å²) in [7, 11) is 0. The van der Waals surface area contributed by atoms with E-state index in [0.29, 0.717) is 5.25 Å². The molecule has 1 N–H and O–H groups in total. The molecule has 0 fully saturated rings. The third-order valence-corrected chi connectivity index (χ3v) is 3.83. The molecule has 1 aromatic rings. The van der Waals surface area contributed by atoms with E-state index in [1.54, 1.807) is 11.8 Å². The van der Waals surface area contributed by atoms with Gasteiger partial charge < -0.3 is 5.11 Å². The maximum absolute atomic E-state index is 8.94. The number of aliphatic hydroxyl groups excluding tert-OH is 1. The van der Waals surface area contributed by atoms with E-state index in [9.17, 15) is 0 Å². The number of rotatable bonds is 4. The van der Waals surface area contributed by atoms with Crippen molar-refractivity contribution in [3.8, 4) is 0 Å². The second-order valence-corrected chi connectivity index (χ2v) is 6.68. The van der Waals surface area contributed by atoms with Crippen LogP contribution in [0.4, 0.5) is 0 Å². The van der Waals surface area contributed by atoms with Gasteiger partial charge in [0.1, 0.15) is 0 Å². The van der Waals surface area contributed by atoms with Crippen LogP contribution in [-0.2, 0) is 11.2 Å². The summed E-state index contributed by atoms with van der Waals surface area (Å²) in [6.07, 6.45) is 0. The van der Waals surface area contributed by atoms with Gasteiger partial charge in [0, 0.05) is 11.0 Å². The minimum absolute atomic E-state index is 0.226. The van der Waals surface area contributed by atoms with Gasteiger partial charge in [-0.15, -0.1) is 0 Å². The minimum atomic E-state index is 0.226. The molecule has 1 aromatic carbocycles. The standard InChI is InChI=1S/C14H22OS/c1-11(9-15)16-10-12-5-7-13(8-6-12)14(2,3)4/h5-8,11,15H,9-10H2,1-4H3. The molecule has 90 valence electrons. The van der Waals surface area contributed by atoms with Crippen molar-refractivity contribution in [3.63, 3.8) is 0 Å². The van der Waals surface area contributed by atoms with Crippen molar-refractivity contribution in [3.05, 3.63) is 35.4 Å². The summed E-state index contributed by atoms with van der Waals surface area (Å²) in [6, 6.07) is 8.80. The lowest BCUT2D eigenvalue weighted by Gasteiger charge is -2.19. The Morgan fingerprint density at radius 1 is 1.19 bits per heavy atom. The zero-order valence-corrected chi connectivity index (χ0v) is 11.5. The lowest BCUT2D eigenvalue weighted by Crippen LogP contribution is -2.10. The first kappa shape index (κ1) is 13.6. The highest BCUT2D eigenvalue weighted by Gasteiger charge is 2.12. The molecule has 0 amide bonds. The van der Waals surface area contributed by atoms with Gasteiger partial charge in [0.25, 0.3) is 0 Å². The number of benzene rings is 1. The number of hydrogen-bond donors (Lipinski definition) is 1. The van der Waals surface area contributed by atoms with Crippen molar-refractivity contribution in [1.29, 1.82) is 0 Å². The molecule has 2 heteroatoms. The van der Waals surface area contributed by atoms with Gasteiger partial charge in [0.15, 0.2) is 0 Å². The minimum Gasteiger partial charge on any atom is -0.395 e. The Morgan fingerprint density at radius 2 is 1.75 bits per heavy atom. The van der Waals surface area contributed by atoms with E-state index in [0.717, 1.165) is 5.75 Å². The van der Waals surface area contributed by atoms with Crippen LogP contribution < -0.4 is 0 Å². The van der Waals surface area contributed by atoms with Crippen LogP contribution >= 0.6 is 11.8 Å². The van der Waals surface area contributed by atoms with Gasteiger partial charge in [0.2, 0.25) is 0 Å². The van der Waals surface area contributed by atoms with Crippen LogP contribution in [0.1, 0.15) is 38.8 Å². The van der Waals surface area contributed by atoms with Gasteiger partial charge in [-0.3, -0.25) is 0 Å². The average Bonchev–Trinajstić information content (AvgIpc) is 2.25. The molecule has 1 unspecified atom stereocenters. The zero-order chi connectivity index (χ0) is 12.2. The lowest BCUT2D eigenvalue weighted by atomic mass is 9.87. The SMILES string of the molecule is CC(CO)SCc1ccc(C(C)(C)C)cc1. The van der Waals surface area contributed by atoms with E-state index in [2.05, 4.69) is 45.0 Å². The molecular formula is C14H22OS. The Kier molecular flexibility index (Phi) is 4.88. The fraction of sp³-hybridized carbons (Fsp3) is 0.571. The smallest absolute Gasteiger partial charge is 0.0547 e. The Balaban J connectivity index is 2.58. The first-order valence-electron chi connectivity index (χ1n) is 5.75. The van der Waals surface area contributed by atoms with Crippen LogP contribution in [0.3, 0.4) is 0 Å². The third-order valence-electron chi connectivity index (χ3n) is 2.61. The fourth-order valence-electron chi connectivity index (χ4n) is 1.39. The van der Waals surface area contributed by atoms with Crippen molar-refractivity contribution in [2.45, 2.75) is 44.1 Å². The summed E-state index contributed by atoms with van der Waals surface area (Å²) in [5, 5.41) is 9.26. The first-order chi connectivity index (χ1) is 7.43. The van der Waals surface area contributed by atoms with E-state index < -0.39 is 0 Å². The van der Waals surface area contributed by atoms with Crippen molar-refractivity contribution >= 4 is 11.8 Å². The molecule has 1 rings (SSSR count). The number of aliphatic hydroxyl groups is 1. The third kappa shape index (κ3) is 4.18. The van der Waals surface area contributed by atoms with Crippen molar-refractivity contribution in [2.24, 2.45) is 0 Å². The Morgan fingerprint density at radius 3 is 2.19 bits per heavy atom. The van der Waals surface area contributed by atoms with Crippen LogP contribution in [0.25, 0.3) is 0 Å². The zero-order valence-electron chi connectivity index (χ0n) is 10.7. The second kappa shape index (κ2) is 5.74. The summed E-state index contributed by atoms with van der Waals surface area (Å²) in [5.74, 6) is 0.978. The van der Waals surface area contributed by atoms with Crippen LogP contribution in [0.5, 0.6) is 0 Å². The van der Waals surface area contributed by atoms with E-state index in [1.165, 1.54) is 11.1 Å². The molecule has 0 saturated carbocycles. The first-order valence-corrected chi connectivity index (χ1v) is 6.80. The van der Waals surface area contributed by atoms with Crippen molar-refractivity contribution in [1.82, 2.24) is 0 Å². The van der Waals surface area contributed by atoms with Crippen LogP contribution in [0.15, 0.2) is 24.3 Å². The van der Waals surface area contributed by atoms with Crippen LogP contribution in [0, 0.1) is 0 Å². The maximum Gasteiger partial charge on any atom is 0.0547 e. The Bertz CT molecular complexity index is 311. The second-order valence-electron chi connectivity index (χ2n) is 5.25. The maximum atomic E-state index is 8.94. The summed E-state index contributed by atoms with van der Waals surface area (Å²) in [6.45, 7) is 8.98. The predicted molar refractivity (Wildman–Crippen MR) is 73.0 cm³/mol. The molecule has 0 spiro atoms. The highest BCUT2D eigenvalue weighted by atomic mass is 32.2. The van der Waals surface area contributed by atoms with Crippen molar-refractivity contribution in [2.75, 3.05) is 6.61 Å². The fourth-order valence-corrected chi connectivity index (χ4v) is 2.17. The van der Waals surface area contributed by atoms with Gasteiger partial charge in [-0.1, -0.05) is 52.0 Å². The van der Waals surface area contributed by atoms with E-state index >= 15 is 0 Å². The van der Waals surface area contributed by atoms with Gasteiger partial charge >= 0.3 is 0 Å². The predicted octanol–water partition coefficient (Wildman–Crippen LogP) is 3.60. The lowest BCUT2D eigenvalue weighted by molar-refractivity contribution is 0.300. The van der Waals surface area contributed by atoms with Crippen LogP contribution in [0.2, 0.25) is 0 Å². The molecule has 0 saturated heterocycles. The summed E-state index contributed by atoms with van der Waals surface area (Å²) < 4.78 is 0. The molecule has 0 bridgehead atoms. The summed E-state index contributed by atoms with van der Waals surface area (Å²) in [4.78, 5) is 0. The largest absolute Gasteiger partial charge is 0.395 e. The van der Waals surface area contributed by atoms with Gasteiger partial charge in [-0.05, 0) is 16.5 Å². The Labute approximate surface area is 103 Å². The molecule has 0 aromatic heterocycles. The normalized spacial score (nSPS) is 13.8. The highest BCUT2D eigenvalue weighted by Crippen LogP contribution is 2.24. The molecule has 16 heavy (non-hydrogen) atoms. The van der Waals surface area contributed by atoms with Crippen molar-refractivity contribution < 1.29 is 5.11 Å². The highest BCUT2D eigenvalue weighted by molar-refractivity contribution is 7.99. The van der Waals surface area contributed by atoms with Gasteiger partial charge in [-0.25, -0.2) is 0 Å². The Hall–Kier alpha value is -0.470. The summed E-state index contributed by atoms with van der Waals surface area (Å²) >= 11 is 1.79. The molecule has 1 nitrogen and oxygen atoms in total. The topological polar surface area (TPSA) is 20.2 Å². The van der Waals surface area contributed by atoms with E-state index in [4.69, 9.17) is 5.11 Å². The van der Waals surface area contributed by atoms with E-state index in [-0.39, 0.29) is 12.0 Å². The molecule has 0 radical (unpaired) electrons. The van der Waals surface area contributed by atoms with Gasteiger partial charge in [-0.2, -0.15) is 11.8 Å². The molecule has 1 atom stereocenters. The number of thioether (sulfide) groups is 1. The monoisotopic (exact) mass is 238 g/mol. The molecule has 0 heterocycles. The average molecular weight is 238 g/mol. The quantitative estimate of drug-likeness (QED) is 0.865. The molecule has 0 aliphatic rings. The summed E-state index contributed by atoms with van der Waals surface area (Å²) in [5.41, 5.74) is 2.93. The van der Waals surface area contributed by atoms with Gasteiger partial charge in [0.05, 0.1) is 6.61 Å². The number of hydrogen-bond acceptors (Lipinski definition) is 2. The van der Waals surface area contributed by atoms with Crippen LogP contribution in [-0.4, -0.2) is 17.0 Å². The molecule has 0 aliphatic heterocycles. The molecule has 0 aliphatic carbocycles. The molecular weight excluding hydrogens is 216 g/mol.